The number of nitrogens with one attached hydrogen (secondary N) is 1. The van der Waals surface area contributed by atoms with Crippen LogP contribution in [-0.4, -0.2) is 23.5 Å². The number of allylic oxidation sites excluding steroid dienone is 2. The molecule has 0 heterocycles. The lowest BCUT2D eigenvalue weighted by atomic mass is 9.80. The molecule has 0 aromatic rings. The summed E-state index contributed by atoms with van der Waals surface area (Å²) in [5, 5.41) is 12.1. The van der Waals surface area contributed by atoms with Gasteiger partial charge in [-0.25, -0.2) is 0 Å². The summed E-state index contributed by atoms with van der Waals surface area (Å²) in [5.74, 6) is -1.69. The van der Waals surface area contributed by atoms with Gasteiger partial charge in [0.15, 0.2) is 0 Å². The van der Waals surface area contributed by atoms with E-state index in [-0.39, 0.29) is 11.3 Å². The molecule has 0 radical (unpaired) electrons. The maximum Gasteiger partial charge on any atom is 0.307 e. The molecule has 1 unspecified atom stereocenters. The smallest absolute Gasteiger partial charge is 0.307 e. The quantitative estimate of drug-likeness (QED) is 0.769. The third kappa shape index (κ3) is 4.37. The van der Waals surface area contributed by atoms with E-state index in [0.29, 0.717) is 25.3 Å². The molecule has 1 aliphatic rings. The lowest BCUT2D eigenvalue weighted by Gasteiger charge is -2.29. The van der Waals surface area contributed by atoms with Crippen LogP contribution in [0.2, 0.25) is 0 Å². The molecule has 0 bridgehead atoms. The van der Waals surface area contributed by atoms with Crippen molar-refractivity contribution in [3.8, 4) is 0 Å². The Balaban J connectivity index is 2.57. The highest BCUT2D eigenvalue weighted by Crippen LogP contribution is 2.27. The highest BCUT2D eigenvalue weighted by atomic mass is 16.4. The highest BCUT2D eigenvalue weighted by molar-refractivity contribution is 5.85. The number of hydrogen-bond acceptors (Lipinski definition) is 2. The minimum atomic E-state index is -0.881. The molecule has 0 saturated heterocycles. The van der Waals surface area contributed by atoms with Gasteiger partial charge in [-0.15, -0.1) is 0 Å². The average Bonchev–Trinajstić information content (AvgIpc) is 2.34. The van der Waals surface area contributed by atoms with Crippen molar-refractivity contribution in [1.29, 1.82) is 0 Å². The average molecular weight is 267 g/mol. The minimum absolute atomic E-state index is 0.131. The van der Waals surface area contributed by atoms with Crippen LogP contribution in [0.25, 0.3) is 0 Å². The molecule has 108 valence electrons. The third-order valence-electron chi connectivity index (χ3n) is 4.15. The summed E-state index contributed by atoms with van der Waals surface area (Å²) < 4.78 is 0. The Morgan fingerprint density at radius 3 is 2.26 bits per heavy atom. The van der Waals surface area contributed by atoms with E-state index in [4.69, 9.17) is 5.11 Å². The van der Waals surface area contributed by atoms with E-state index in [9.17, 15) is 9.59 Å². The second-order valence-corrected chi connectivity index (χ2v) is 6.51. The number of aliphatic carboxylic acids is 1. The van der Waals surface area contributed by atoms with Crippen LogP contribution in [0.1, 0.15) is 40.5 Å². The van der Waals surface area contributed by atoms with Crippen LogP contribution in [0.15, 0.2) is 12.2 Å². The molecular formula is C15H25NO3. The van der Waals surface area contributed by atoms with Gasteiger partial charge in [0.2, 0.25) is 5.91 Å². The van der Waals surface area contributed by atoms with E-state index in [0.717, 1.165) is 0 Å². The summed E-state index contributed by atoms with van der Waals surface area (Å²) >= 11 is 0. The normalized spacial score (nSPS) is 24.8. The lowest BCUT2D eigenvalue weighted by Crippen LogP contribution is -2.41. The molecule has 3 atom stereocenters. The zero-order chi connectivity index (χ0) is 14.6. The Kier molecular flexibility index (Phi) is 5.15. The molecule has 1 aliphatic carbocycles. The lowest BCUT2D eigenvalue weighted by molar-refractivity contribution is -0.147. The topological polar surface area (TPSA) is 66.4 Å². The first-order chi connectivity index (χ1) is 8.73. The molecular weight excluding hydrogens is 242 g/mol. The van der Waals surface area contributed by atoms with Gasteiger partial charge in [-0.1, -0.05) is 39.8 Å². The molecule has 0 aromatic heterocycles. The van der Waals surface area contributed by atoms with E-state index in [1.807, 2.05) is 12.2 Å². The van der Waals surface area contributed by atoms with Gasteiger partial charge < -0.3 is 10.4 Å². The van der Waals surface area contributed by atoms with Gasteiger partial charge in [0.05, 0.1) is 11.8 Å². The highest BCUT2D eigenvalue weighted by Gasteiger charge is 2.34. The fourth-order valence-corrected chi connectivity index (χ4v) is 2.07. The van der Waals surface area contributed by atoms with Crippen LogP contribution in [0.3, 0.4) is 0 Å². The summed E-state index contributed by atoms with van der Waals surface area (Å²) in [5.41, 5.74) is 0.131. The molecule has 0 aromatic carbocycles. The number of rotatable bonds is 4. The fourth-order valence-electron chi connectivity index (χ4n) is 2.07. The van der Waals surface area contributed by atoms with Crippen LogP contribution in [0, 0.1) is 23.2 Å². The molecule has 4 nitrogen and oxygen atoms in total. The first kappa shape index (κ1) is 15.7. The molecule has 2 N–H and O–H groups in total. The van der Waals surface area contributed by atoms with Gasteiger partial charge in [0.25, 0.3) is 0 Å². The Morgan fingerprint density at radius 2 is 1.79 bits per heavy atom. The molecule has 1 amide bonds. The minimum Gasteiger partial charge on any atom is -0.481 e. The van der Waals surface area contributed by atoms with Crippen LogP contribution < -0.4 is 5.32 Å². The summed E-state index contributed by atoms with van der Waals surface area (Å²) in [6, 6.07) is 0. The van der Waals surface area contributed by atoms with Crippen molar-refractivity contribution in [3.05, 3.63) is 12.2 Å². The Hall–Kier alpha value is -1.32. The van der Waals surface area contributed by atoms with Crippen LogP contribution in [0.4, 0.5) is 0 Å². The third-order valence-corrected chi connectivity index (χ3v) is 4.15. The standard InChI is InChI=1S/C15H25NO3/c1-10(15(2,3)4)9-16-13(17)11-7-5-6-8-12(11)14(18)19/h5-6,10-12H,7-9H2,1-4H3,(H,16,17)(H,18,19)/t10?,11-,12+/m1/s1. The van der Waals surface area contributed by atoms with Crippen molar-refractivity contribution in [2.45, 2.75) is 40.5 Å². The Morgan fingerprint density at radius 1 is 1.26 bits per heavy atom. The number of carboxylic acids is 1. The summed E-state index contributed by atoms with van der Waals surface area (Å²) in [6.07, 6.45) is 4.71. The molecule has 0 fully saturated rings. The van der Waals surface area contributed by atoms with Gasteiger partial charge in [-0.2, -0.15) is 0 Å². The summed E-state index contributed by atoms with van der Waals surface area (Å²) in [7, 11) is 0. The van der Waals surface area contributed by atoms with Crippen LogP contribution in [-0.2, 0) is 9.59 Å². The predicted octanol–water partition coefficient (Wildman–Crippen LogP) is 2.45. The molecule has 0 spiro atoms. The summed E-state index contributed by atoms with van der Waals surface area (Å²) in [6.45, 7) is 9.08. The number of carbonyl (C=O) groups excluding carboxylic acids is 1. The second-order valence-electron chi connectivity index (χ2n) is 6.51. The van der Waals surface area contributed by atoms with Gasteiger partial charge in [-0.3, -0.25) is 9.59 Å². The van der Waals surface area contributed by atoms with Crippen LogP contribution >= 0.6 is 0 Å². The maximum absolute atomic E-state index is 12.1. The molecule has 1 rings (SSSR count). The van der Waals surface area contributed by atoms with E-state index in [1.165, 1.54) is 0 Å². The number of carbonyl (C=O) groups is 2. The number of hydrogen-bond donors (Lipinski definition) is 2. The number of amides is 1. The van der Waals surface area contributed by atoms with Gasteiger partial charge in [0.1, 0.15) is 0 Å². The van der Waals surface area contributed by atoms with Gasteiger partial charge >= 0.3 is 5.97 Å². The van der Waals surface area contributed by atoms with Crippen molar-refractivity contribution >= 4 is 11.9 Å². The zero-order valence-electron chi connectivity index (χ0n) is 12.3. The maximum atomic E-state index is 12.1. The Labute approximate surface area is 115 Å². The van der Waals surface area contributed by atoms with Crippen LogP contribution in [0.5, 0.6) is 0 Å². The zero-order valence-corrected chi connectivity index (χ0v) is 12.3. The molecule has 19 heavy (non-hydrogen) atoms. The first-order valence-corrected chi connectivity index (χ1v) is 6.89. The van der Waals surface area contributed by atoms with E-state index in [2.05, 4.69) is 33.0 Å². The SMILES string of the molecule is CC(CNC(=O)[C@@H]1CC=CC[C@@H]1C(=O)O)C(C)(C)C. The van der Waals surface area contributed by atoms with Gasteiger partial charge in [0, 0.05) is 6.54 Å². The van der Waals surface area contributed by atoms with Crippen molar-refractivity contribution in [2.24, 2.45) is 23.2 Å². The summed E-state index contributed by atoms with van der Waals surface area (Å²) in [4.78, 5) is 23.3. The number of carboxylic acid groups (broad SMARTS) is 1. The second kappa shape index (κ2) is 6.22. The van der Waals surface area contributed by atoms with Crippen molar-refractivity contribution in [2.75, 3.05) is 6.54 Å². The predicted molar refractivity (Wildman–Crippen MR) is 74.6 cm³/mol. The van der Waals surface area contributed by atoms with Crippen molar-refractivity contribution in [1.82, 2.24) is 5.32 Å². The van der Waals surface area contributed by atoms with Gasteiger partial charge in [-0.05, 0) is 24.2 Å². The first-order valence-electron chi connectivity index (χ1n) is 6.89. The van der Waals surface area contributed by atoms with Crippen molar-refractivity contribution < 1.29 is 14.7 Å². The van der Waals surface area contributed by atoms with E-state index in [1.54, 1.807) is 0 Å². The van der Waals surface area contributed by atoms with E-state index < -0.39 is 17.8 Å². The Bertz CT molecular complexity index is 368. The largest absolute Gasteiger partial charge is 0.481 e. The fraction of sp³-hybridized carbons (Fsp3) is 0.733. The monoisotopic (exact) mass is 267 g/mol. The molecule has 0 aliphatic heterocycles. The van der Waals surface area contributed by atoms with E-state index >= 15 is 0 Å². The molecule has 4 heteroatoms. The van der Waals surface area contributed by atoms with Crippen molar-refractivity contribution in [3.63, 3.8) is 0 Å². The molecule has 0 saturated carbocycles.